The first-order valence-electron chi connectivity index (χ1n) is 4.77. The first kappa shape index (κ1) is 13.4. The largest absolute Gasteiger partial charge is 0.334 e. The summed E-state index contributed by atoms with van der Waals surface area (Å²) in [5.41, 5.74) is 0. The molecule has 0 aromatic carbocycles. The Morgan fingerprint density at radius 1 is 1.35 bits per heavy atom. The molecule has 7 nitrogen and oxygen atoms in total. The summed E-state index contributed by atoms with van der Waals surface area (Å²) in [6.45, 7) is 3.08. The maximum absolute atomic E-state index is 11.2. The SMILES string of the molecule is C=CS(=O)(=O)CCC(=O)ON1C(=O)CCC1=O. The van der Waals surface area contributed by atoms with Crippen LogP contribution in [0.3, 0.4) is 0 Å². The third-order valence-electron chi connectivity index (χ3n) is 2.04. The van der Waals surface area contributed by atoms with Crippen molar-refractivity contribution in [2.24, 2.45) is 0 Å². The van der Waals surface area contributed by atoms with Gasteiger partial charge in [-0.2, -0.15) is 0 Å². The third kappa shape index (κ3) is 3.66. The normalized spacial score (nSPS) is 16.1. The monoisotopic (exact) mass is 261 g/mol. The van der Waals surface area contributed by atoms with Gasteiger partial charge in [-0.3, -0.25) is 9.59 Å². The number of carbonyl (C=O) groups excluding carboxylic acids is 3. The highest BCUT2D eigenvalue weighted by Crippen LogP contribution is 2.12. The molecular weight excluding hydrogens is 250 g/mol. The maximum Gasteiger partial charge on any atom is 0.334 e. The molecule has 1 saturated heterocycles. The Balaban J connectivity index is 2.48. The summed E-state index contributed by atoms with van der Waals surface area (Å²) in [4.78, 5) is 37.8. The van der Waals surface area contributed by atoms with Crippen LogP contribution in [-0.2, 0) is 29.1 Å². The average molecular weight is 261 g/mol. The Kier molecular flexibility index (Phi) is 4.00. The Labute approximate surface area is 97.9 Å². The number of hydrogen-bond acceptors (Lipinski definition) is 6. The second kappa shape index (κ2) is 5.09. The summed E-state index contributed by atoms with van der Waals surface area (Å²) in [5.74, 6) is -2.62. The molecule has 0 unspecified atom stereocenters. The van der Waals surface area contributed by atoms with E-state index in [9.17, 15) is 22.8 Å². The minimum atomic E-state index is -3.50. The maximum atomic E-state index is 11.2. The Hall–Kier alpha value is -1.70. The van der Waals surface area contributed by atoms with Gasteiger partial charge in [-0.25, -0.2) is 13.2 Å². The van der Waals surface area contributed by atoms with Crippen LogP contribution in [-0.4, -0.2) is 37.0 Å². The van der Waals surface area contributed by atoms with Crippen molar-refractivity contribution in [2.75, 3.05) is 5.75 Å². The van der Waals surface area contributed by atoms with Crippen LogP contribution >= 0.6 is 0 Å². The molecule has 0 saturated carbocycles. The van der Waals surface area contributed by atoms with Crippen LogP contribution in [0.4, 0.5) is 0 Å². The number of sulfone groups is 1. The van der Waals surface area contributed by atoms with Gasteiger partial charge in [-0.05, 0) is 0 Å². The van der Waals surface area contributed by atoms with Crippen LogP contribution in [0.15, 0.2) is 12.0 Å². The number of amides is 2. The molecule has 0 radical (unpaired) electrons. The zero-order chi connectivity index (χ0) is 13.1. The van der Waals surface area contributed by atoms with Gasteiger partial charge in [-0.1, -0.05) is 6.58 Å². The van der Waals surface area contributed by atoms with Crippen molar-refractivity contribution in [1.82, 2.24) is 5.06 Å². The van der Waals surface area contributed by atoms with E-state index in [1.54, 1.807) is 0 Å². The van der Waals surface area contributed by atoms with E-state index in [2.05, 4.69) is 11.4 Å². The highest BCUT2D eigenvalue weighted by molar-refractivity contribution is 7.94. The summed E-state index contributed by atoms with van der Waals surface area (Å²) in [7, 11) is -3.50. The van der Waals surface area contributed by atoms with Crippen LogP contribution in [0, 0.1) is 0 Å². The molecule has 1 aliphatic heterocycles. The van der Waals surface area contributed by atoms with E-state index in [-0.39, 0.29) is 12.8 Å². The summed E-state index contributed by atoms with van der Waals surface area (Å²) >= 11 is 0. The second-order valence-electron chi connectivity index (χ2n) is 3.33. The quantitative estimate of drug-likeness (QED) is 0.621. The number of carbonyl (C=O) groups is 3. The van der Waals surface area contributed by atoms with Crippen molar-refractivity contribution in [2.45, 2.75) is 19.3 Å². The highest BCUT2D eigenvalue weighted by atomic mass is 32.2. The van der Waals surface area contributed by atoms with E-state index in [0.29, 0.717) is 5.06 Å². The number of hydroxylamine groups is 2. The van der Waals surface area contributed by atoms with Crippen molar-refractivity contribution in [3.63, 3.8) is 0 Å². The van der Waals surface area contributed by atoms with Crippen LogP contribution in [0.5, 0.6) is 0 Å². The van der Waals surface area contributed by atoms with Gasteiger partial charge >= 0.3 is 5.97 Å². The number of rotatable bonds is 5. The van der Waals surface area contributed by atoms with Crippen molar-refractivity contribution in [3.05, 3.63) is 12.0 Å². The van der Waals surface area contributed by atoms with Gasteiger partial charge in [0, 0.05) is 18.2 Å². The van der Waals surface area contributed by atoms with Crippen LogP contribution in [0.1, 0.15) is 19.3 Å². The molecule has 8 heteroatoms. The minimum Gasteiger partial charge on any atom is -0.330 e. The molecule has 0 aromatic rings. The first-order valence-corrected chi connectivity index (χ1v) is 6.49. The smallest absolute Gasteiger partial charge is 0.330 e. The zero-order valence-electron chi connectivity index (χ0n) is 8.92. The van der Waals surface area contributed by atoms with Gasteiger partial charge in [0.1, 0.15) is 0 Å². The Morgan fingerprint density at radius 2 is 1.88 bits per heavy atom. The van der Waals surface area contributed by atoms with Gasteiger partial charge < -0.3 is 4.84 Å². The van der Waals surface area contributed by atoms with Gasteiger partial charge in [-0.15, -0.1) is 5.06 Å². The van der Waals surface area contributed by atoms with E-state index in [1.807, 2.05) is 0 Å². The van der Waals surface area contributed by atoms with Gasteiger partial charge in [0.15, 0.2) is 9.84 Å². The Morgan fingerprint density at radius 3 is 2.35 bits per heavy atom. The van der Waals surface area contributed by atoms with Gasteiger partial charge in [0.05, 0.1) is 12.2 Å². The van der Waals surface area contributed by atoms with Crippen molar-refractivity contribution >= 4 is 27.6 Å². The van der Waals surface area contributed by atoms with E-state index < -0.39 is 39.8 Å². The molecule has 2 amide bonds. The molecule has 0 bridgehead atoms. The number of hydrogen-bond donors (Lipinski definition) is 0. The van der Waals surface area contributed by atoms with Crippen molar-refractivity contribution < 1.29 is 27.6 Å². The predicted molar refractivity (Wildman–Crippen MR) is 55.8 cm³/mol. The molecule has 0 N–H and O–H groups in total. The predicted octanol–water partition coefficient (Wildman–Crippen LogP) is -0.458. The zero-order valence-corrected chi connectivity index (χ0v) is 9.73. The highest BCUT2D eigenvalue weighted by Gasteiger charge is 2.32. The minimum absolute atomic E-state index is 0.00291. The lowest BCUT2D eigenvalue weighted by molar-refractivity contribution is -0.197. The van der Waals surface area contributed by atoms with Crippen LogP contribution in [0.25, 0.3) is 0 Å². The standard InChI is InChI=1S/C9H11NO6S/c1-2-17(14,15)6-5-9(13)16-10-7(11)3-4-8(10)12/h2H,1,3-6H2. The summed E-state index contributed by atoms with van der Waals surface area (Å²) in [5, 5.41) is 1.11. The van der Waals surface area contributed by atoms with E-state index in [1.165, 1.54) is 0 Å². The third-order valence-corrected chi connectivity index (χ3v) is 3.32. The summed E-state index contributed by atoms with van der Waals surface area (Å²) in [6, 6.07) is 0. The van der Waals surface area contributed by atoms with E-state index in [4.69, 9.17) is 0 Å². The lowest BCUT2D eigenvalue weighted by atomic mass is 10.4. The fourth-order valence-corrected chi connectivity index (χ4v) is 1.73. The Bertz CT molecular complexity index is 450. The lowest BCUT2D eigenvalue weighted by Gasteiger charge is -2.11. The molecule has 1 fully saturated rings. The second-order valence-corrected chi connectivity index (χ2v) is 5.40. The molecule has 0 aliphatic carbocycles. The molecule has 0 atom stereocenters. The molecule has 0 spiro atoms. The average Bonchev–Trinajstić information content (AvgIpc) is 2.58. The number of nitrogens with zero attached hydrogens (tertiary/aromatic N) is 1. The molecule has 0 aromatic heterocycles. The molecule has 94 valence electrons. The number of imide groups is 1. The lowest BCUT2D eigenvalue weighted by Crippen LogP contribution is -2.32. The van der Waals surface area contributed by atoms with Gasteiger partial charge in [0.25, 0.3) is 11.8 Å². The van der Waals surface area contributed by atoms with Crippen molar-refractivity contribution in [1.29, 1.82) is 0 Å². The molecule has 1 rings (SSSR count). The molecule has 17 heavy (non-hydrogen) atoms. The molecule has 1 heterocycles. The topological polar surface area (TPSA) is 97.8 Å². The van der Waals surface area contributed by atoms with Crippen LogP contribution in [0.2, 0.25) is 0 Å². The fourth-order valence-electron chi connectivity index (χ4n) is 1.11. The van der Waals surface area contributed by atoms with E-state index >= 15 is 0 Å². The summed E-state index contributed by atoms with van der Waals surface area (Å²) in [6.07, 6.45) is -0.445. The van der Waals surface area contributed by atoms with E-state index in [0.717, 1.165) is 5.41 Å². The molecule has 1 aliphatic rings. The van der Waals surface area contributed by atoms with Gasteiger partial charge in [0.2, 0.25) is 0 Å². The summed E-state index contributed by atoms with van der Waals surface area (Å²) < 4.78 is 22.0. The molecular formula is C9H11NO6S. The van der Waals surface area contributed by atoms with Crippen LogP contribution < -0.4 is 0 Å². The fraction of sp³-hybridized carbons (Fsp3) is 0.444. The first-order chi connectivity index (χ1) is 7.85. The van der Waals surface area contributed by atoms with Crippen molar-refractivity contribution in [3.8, 4) is 0 Å².